The van der Waals surface area contributed by atoms with E-state index in [1.54, 1.807) is 12.1 Å². The van der Waals surface area contributed by atoms with Gasteiger partial charge in [-0.2, -0.15) is 5.26 Å². The van der Waals surface area contributed by atoms with Gasteiger partial charge >= 0.3 is 7.12 Å². The molecule has 1 aromatic carbocycles. The van der Waals surface area contributed by atoms with Crippen LogP contribution in [-0.2, 0) is 9.31 Å². The molecule has 1 aliphatic heterocycles. The van der Waals surface area contributed by atoms with Crippen molar-refractivity contribution in [3.63, 3.8) is 0 Å². The highest BCUT2D eigenvalue weighted by Gasteiger charge is 2.52. The molecule has 2 rings (SSSR count). The van der Waals surface area contributed by atoms with Gasteiger partial charge in [-0.25, -0.2) is 0 Å². The molecule has 116 valence electrons. The number of nitriles is 1. The number of nitrogens with zero attached hydrogens (tertiary/aromatic N) is 1. The van der Waals surface area contributed by atoms with Gasteiger partial charge in [0.15, 0.2) is 0 Å². The molecule has 4 N–H and O–H groups in total. The number of rotatable bonds is 3. The van der Waals surface area contributed by atoms with Gasteiger partial charge in [0, 0.05) is 12.2 Å². The molecule has 0 radical (unpaired) electrons. The maximum absolute atomic E-state index is 9.06. The smallest absolute Gasteiger partial charge is 0.400 e. The zero-order chi connectivity index (χ0) is 16.5. The number of nitrogens with two attached hydrogens (primary N) is 2. The van der Waals surface area contributed by atoms with Crippen molar-refractivity contribution in [1.82, 2.24) is 0 Å². The second-order valence-corrected chi connectivity index (χ2v) is 6.47. The van der Waals surface area contributed by atoms with Crippen molar-refractivity contribution in [1.29, 1.82) is 5.26 Å². The third kappa shape index (κ3) is 3.02. The van der Waals surface area contributed by atoms with Crippen LogP contribution in [0.25, 0.3) is 6.08 Å². The molecule has 1 fully saturated rings. The zero-order valence-electron chi connectivity index (χ0n) is 13.5. The summed E-state index contributed by atoms with van der Waals surface area (Å²) in [5.41, 5.74) is 13.4. The minimum absolute atomic E-state index is 0.309. The van der Waals surface area contributed by atoms with Crippen LogP contribution in [0.5, 0.6) is 0 Å². The molecule has 1 aromatic rings. The van der Waals surface area contributed by atoms with Crippen LogP contribution < -0.4 is 11.5 Å². The van der Waals surface area contributed by atoms with Gasteiger partial charge < -0.3 is 20.8 Å². The minimum Gasteiger partial charge on any atom is -0.400 e. The predicted molar refractivity (Wildman–Crippen MR) is 88.7 cm³/mol. The summed E-state index contributed by atoms with van der Waals surface area (Å²) in [6, 6.07) is 7.36. The van der Waals surface area contributed by atoms with E-state index >= 15 is 0 Å². The van der Waals surface area contributed by atoms with Gasteiger partial charge in [0.05, 0.1) is 16.8 Å². The Labute approximate surface area is 132 Å². The molecule has 1 saturated heterocycles. The van der Waals surface area contributed by atoms with E-state index in [9.17, 15) is 0 Å². The molecule has 5 nitrogen and oxygen atoms in total. The molecule has 0 unspecified atom stereocenters. The summed E-state index contributed by atoms with van der Waals surface area (Å²) in [6.45, 7) is 8.30. The number of nitrogen functional groups attached to an aromatic ring is 1. The van der Waals surface area contributed by atoms with Crippen LogP contribution in [0.3, 0.4) is 0 Å². The van der Waals surface area contributed by atoms with Crippen molar-refractivity contribution in [3.8, 4) is 6.07 Å². The van der Waals surface area contributed by atoms with Crippen LogP contribution in [0, 0.1) is 11.3 Å². The summed E-state index contributed by atoms with van der Waals surface area (Å²) in [5, 5.41) is 9.06. The molecule has 0 aliphatic carbocycles. The number of hydrogen-bond donors (Lipinski definition) is 2. The van der Waals surface area contributed by atoms with Crippen molar-refractivity contribution in [2.75, 3.05) is 12.3 Å². The lowest BCUT2D eigenvalue weighted by Crippen LogP contribution is -2.41. The minimum atomic E-state index is -0.488. The van der Waals surface area contributed by atoms with Gasteiger partial charge in [0.2, 0.25) is 0 Å². The molecule has 0 spiro atoms. The highest BCUT2D eigenvalue weighted by Crippen LogP contribution is 2.38. The number of anilines is 1. The lowest BCUT2D eigenvalue weighted by Gasteiger charge is -2.32. The fourth-order valence-electron chi connectivity index (χ4n) is 2.19. The Hall–Kier alpha value is -1.81. The number of hydrogen-bond acceptors (Lipinski definition) is 5. The van der Waals surface area contributed by atoms with Crippen LogP contribution in [-0.4, -0.2) is 24.9 Å². The van der Waals surface area contributed by atoms with E-state index in [0.717, 1.165) is 11.0 Å². The van der Waals surface area contributed by atoms with E-state index in [1.165, 1.54) is 0 Å². The maximum atomic E-state index is 9.06. The standard InChI is InChI=1S/C16H22BN3O2/c1-15(2)16(3,4)22-17(21-15)13(10-19)8-11-5-6-14(20)12(7-11)9-18/h5-8H,10,19-20H2,1-4H3. The molecule has 6 heteroatoms. The van der Waals surface area contributed by atoms with E-state index in [4.69, 9.17) is 26.0 Å². The molecule has 0 amide bonds. The summed E-state index contributed by atoms with van der Waals surface area (Å²) < 4.78 is 12.0. The van der Waals surface area contributed by atoms with Gasteiger partial charge in [0.25, 0.3) is 0 Å². The van der Waals surface area contributed by atoms with Crippen LogP contribution in [0.1, 0.15) is 38.8 Å². The van der Waals surface area contributed by atoms with E-state index < -0.39 is 18.3 Å². The molecule has 0 saturated carbocycles. The van der Waals surface area contributed by atoms with Gasteiger partial charge in [-0.3, -0.25) is 0 Å². The Morgan fingerprint density at radius 2 is 1.86 bits per heavy atom. The second kappa shape index (κ2) is 5.77. The highest BCUT2D eigenvalue weighted by atomic mass is 16.7. The summed E-state index contributed by atoms with van der Waals surface area (Å²) in [4.78, 5) is 0. The third-order valence-electron chi connectivity index (χ3n) is 4.34. The first kappa shape index (κ1) is 16.6. The summed E-state index contributed by atoms with van der Waals surface area (Å²) in [5.74, 6) is 0. The summed E-state index contributed by atoms with van der Waals surface area (Å²) in [6.07, 6.45) is 1.89. The lowest BCUT2D eigenvalue weighted by molar-refractivity contribution is 0.00578. The SMILES string of the molecule is CC1(C)OB(C(=Cc2ccc(N)c(C#N)c2)CN)OC1(C)C. The van der Waals surface area contributed by atoms with Crippen molar-refractivity contribution in [2.45, 2.75) is 38.9 Å². The van der Waals surface area contributed by atoms with Crippen molar-refractivity contribution in [3.05, 3.63) is 34.8 Å². The van der Waals surface area contributed by atoms with Crippen LogP contribution >= 0.6 is 0 Å². The quantitative estimate of drug-likeness (QED) is 0.658. The Balaban J connectivity index is 2.32. The van der Waals surface area contributed by atoms with Gasteiger partial charge in [-0.05, 0) is 50.9 Å². The van der Waals surface area contributed by atoms with E-state index in [0.29, 0.717) is 17.8 Å². The lowest BCUT2D eigenvalue weighted by atomic mass is 9.77. The van der Waals surface area contributed by atoms with Crippen LogP contribution in [0.2, 0.25) is 0 Å². The molecule has 22 heavy (non-hydrogen) atoms. The Bertz CT molecular complexity index is 631. The third-order valence-corrected chi connectivity index (χ3v) is 4.34. The largest absolute Gasteiger partial charge is 0.491 e. The molecule has 0 aromatic heterocycles. The van der Waals surface area contributed by atoms with Crippen molar-refractivity contribution in [2.24, 2.45) is 5.73 Å². The van der Waals surface area contributed by atoms with E-state index in [2.05, 4.69) is 6.07 Å². The average molecular weight is 299 g/mol. The molecular weight excluding hydrogens is 277 g/mol. The first-order valence-corrected chi connectivity index (χ1v) is 7.26. The second-order valence-electron chi connectivity index (χ2n) is 6.47. The predicted octanol–water partition coefficient (Wildman–Crippen LogP) is 2.11. The highest BCUT2D eigenvalue weighted by molar-refractivity contribution is 6.55. The van der Waals surface area contributed by atoms with Crippen molar-refractivity contribution >= 4 is 18.9 Å². The average Bonchev–Trinajstić information content (AvgIpc) is 2.66. The van der Waals surface area contributed by atoms with Gasteiger partial charge in [-0.1, -0.05) is 12.1 Å². The Morgan fingerprint density at radius 3 is 2.36 bits per heavy atom. The molecule has 0 bridgehead atoms. The van der Waals surface area contributed by atoms with Gasteiger partial charge in [0.1, 0.15) is 6.07 Å². The normalized spacial score (nSPS) is 20.0. The van der Waals surface area contributed by atoms with E-state index in [1.807, 2.05) is 39.8 Å². The summed E-state index contributed by atoms with van der Waals surface area (Å²) >= 11 is 0. The fourth-order valence-corrected chi connectivity index (χ4v) is 2.19. The van der Waals surface area contributed by atoms with E-state index in [-0.39, 0.29) is 0 Å². The maximum Gasteiger partial charge on any atom is 0.491 e. The molecule has 1 heterocycles. The molecular formula is C16H22BN3O2. The molecule has 1 aliphatic rings. The van der Waals surface area contributed by atoms with Gasteiger partial charge in [-0.15, -0.1) is 0 Å². The van der Waals surface area contributed by atoms with Crippen LogP contribution in [0.4, 0.5) is 5.69 Å². The topological polar surface area (TPSA) is 94.3 Å². The Kier molecular flexibility index (Phi) is 4.34. The monoisotopic (exact) mass is 299 g/mol. The first-order valence-electron chi connectivity index (χ1n) is 7.26. The Morgan fingerprint density at radius 1 is 1.27 bits per heavy atom. The summed E-state index contributed by atoms with van der Waals surface area (Å²) in [7, 11) is -0.488. The van der Waals surface area contributed by atoms with Crippen molar-refractivity contribution < 1.29 is 9.31 Å². The van der Waals surface area contributed by atoms with Crippen LogP contribution in [0.15, 0.2) is 23.7 Å². The first-order chi connectivity index (χ1) is 10.2. The zero-order valence-corrected chi connectivity index (χ0v) is 13.5. The number of benzene rings is 1. The fraction of sp³-hybridized carbons (Fsp3) is 0.438. The molecule has 0 atom stereocenters.